The number of aryl methyl sites for hydroxylation is 2. The van der Waals surface area contributed by atoms with Crippen LogP contribution in [0.3, 0.4) is 0 Å². The third-order valence-corrected chi connectivity index (χ3v) is 6.67. The van der Waals surface area contributed by atoms with Gasteiger partial charge in [0.2, 0.25) is 5.95 Å². The molecule has 1 aliphatic rings. The Morgan fingerprint density at radius 1 is 0.882 bits per heavy atom. The Kier molecular flexibility index (Phi) is 6.30. The number of benzene rings is 2. The first kappa shape index (κ1) is 23.7. The second-order valence-electron chi connectivity index (χ2n) is 7.34. The molecule has 0 fully saturated rings. The molecule has 3 aromatic rings. The molecule has 2 N–H and O–H groups in total. The third-order valence-electron chi connectivity index (χ3n) is 4.74. The summed E-state index contributed by atoms with van der Waals surface area (Å²) < 4.78 is 27.7. The summed E-state index contributed by atoms with van der Waals surface area (Å²) >= 11 is 12.1. The number of aromatic nitrogens is 2. The van der Waals surface area contributed by atoms with E-state index in [1.165, 1.54) is 30.3 Å². The van der Waals surface area contributed by atoms with Gasteiger partial charge in [-0.05, 0) is 62.4 Å². The monoisotopic (exact) mass is 517 g/mol. The first-order valence-corrected chi connectivity index (χ1v) is 12.1. The molecule has 12 heteroatoms. The molecule has 174 valence electrons. The van der Waals surface area contributed by atoms with Crippen LogP contribution in [0.1, 0.15) is 11.4 Å². The van der Waals surface area contributed by atoms with Gasteiger partial charge in [-0.1, -0.05) is 29.3 Å². The van der Waals surface area contributed by atoms with Crippen LogP contribution >= 0.6 is 23.2 Å². The van der Waals surface area contributed by atoms with Crippen LogP contribution in [-0.4, -0.2) is 30.2 Å². The fourth-order valence-corrected chi connectivity index (χ4v) is 4.61. The maximum Gasteiger partial charge on any atom is 0.283 e. The van der Waals surface area contributed by atoms with Crippen molar-refractivity contribution < 1.29 is 18.0 Å². The number of hydrogen-bond acceptors (Lipinski definition) is 7. The highest BCUT2D eigenvalue weighted by Gasteiger charge is 2.39. The van der Waals surface area contributed by atoms with E-state index in [9.17, 15) is 18.0 Å². The molecule has 9 nitrogen and oxygen atoms in total. The number of sulfonamides is 1. The molecule has 0 aliphatic carbocycles. The van der Waals surface area contributed by atoms with Crippen molar-refractivity contribution in [2.24, 2.45) is 0 Å². The minimum Gasteiger partial charge on any atom is -0.350 e. The van der Waals surface area contributed by atoms with Crippen LogP contribution in [0.5, 0.6) is 0 Å². The van der Waals surface area contributed by atoms with Gasteiger partial charge in [0.1, 0.15) is 10.7 Å². The molecule has 4 rings (SSSR count). The molecule has 2 aromatic carbocycles. The number of hydrogen-bond donors (Lipinski definition) is 2. The zero-order valence-corrected chi connectivity index (χ0v) is 20.2. The van der Waals surface area contributed by atoms with E-state index in [-0.39, 0.29) is 27.3 Å². The Hall–Kier alpha value is -3.47. The van der Waals surface area contributed by atoms with Crippen LogP contribution in [0.2, 0.25) is 5.02 Å². The summed E-state index contributed by atoms with van der Waals surface area (Å²) in [6.07, 6.45) is 0. The molecule has 0 unspecified atom stereocenters. The summed E-state index contributed by atoms with van der Waals surface area (Å²) in [4.78, 5) is 34.4. The van der Waals surface area contributed by atoms with E-state index in [4.69, 9.17) is 23.2 Å². The summed E-state index contributed by atoms with van der Waals surface area (Å²) in [5.74, 6) is -1.40. The lowest BCUT2D eigenvalue weighted by atomic mass is 10.3. The van der Waals surface area contributed by atoms with Crippen LogP contribution in [0, 0.1) is 13.8 Å². The van der Waals surface area contributed by atoms with Crippen molar-refractivity contribution in [1.82, 2.24) is 9.97 Å². The number of nitrogens with one attached hydrogen (secondary N) is 2. The predicted molar refractivity (Wildman–Crippen MR) is 129 cm³/mol. The minimum atomic E-state index is -3.95. The van der Waals surface area contributed by atoms with Gasteiger partial charge < -0.3 is 5.32 Å². The van der Waals surface area contributed by atoms with Crippen molar-refractivity contribution in [3.63, 3.8) is 0 Å². The molecule has 0 saturated heterocycles. The van der Waals surface area contributed by atoms with Gasteiger partial charge in [0.15, 0.2) is 0 Å². The second-order valence-corrected chi connectivity index (χ2v) is 9.84. The van der Waals surface area contributed by atoms with Gasteiger partial charge in [-0.15, -0.1) is 0 Å². The maximum absolute atomic E-state index is 12.9. The van der Waals surface area contributed by atoms with Crippen LogP contribution in [-0.2, 0) is 19.6 Å². The third kappa shape index (κ3) is 4.74. The van der Waals surface area contributed by atoms with Gasteiger partial charge in [0, 0.05) is 22.1 Å². The molecule has 0 radical (unpaired) electrons. The number of anilines is 3. The van der Waals surface area contributed by atoms with E-state index in [1.54, 1.807) is 38.1 Å². The average molecular weight is 518 g/mol. The van der Waals surface area contributed by atoms with Crippen LogP contribution < -0.4 is 14.9 Å². The average Bonchev–Trinajstić information content (AvgIpc) is 2.96. The summed E-state index contributed by atoms with van der Waals surface area (Å²) in [5.41, 5.74) is 1.74. The zero-order valence-electron chi connectivity index (χ0n) is 17.8. The van der Waals surface area contributed by atoms with Crippen molar-refractivity contribution in [1.29, 1.82) is 0 Å². The molecule has 0 atom stereocenters. The number of rotatable bonds is 6. The zero-order chi connectivity index (χ0) is 24.6. The van der Waals surface area contributed by atoms with Gasteiger partial charge in [0.25, 0.3) is 21.8 Å². The lowest BCUT2D eigenvalue weighted by molar-refractivity contribution is -0.120. The highest BCUT2D eigenvalue weighted by atomic mass is 35.5. The Morgan fingerprint density at radius 3 is 2.15 bits per heavy atom. The van der Waals surface area contributed by atoms with Crippen LogP contribution in [0.25, 0.3) is 0 Å². The number of imide groups is 1. The predicted octanol–water partition coefficient (Wildman–Crippen LogP) is 3.98. The van der Waals surface area contributed by atoms with Crippen molar-refractivity contribution in [3.05, 3.63) is 81.7 Å². The number of halogens is 2. The van der Waals surface area contributed by atoms with Crippen molar-refractivity contribution in [3.8, 4) is 0 Å². The number of amides is 2. The van der Waals surface area contributed by atoms with E-state index >= 15 is 0 Å². The summed E-state index contributed by atoms with van der Waals surface area (Å²) in [6, 6.07) is 13.5. The van der Waals surface area contributed by atoms with Crippen LogP contribution in [0.4, 0.5) is 17.3 Å². The largest absolute Gasteiger partial charge is 0.350 e. The molecular formula is C22H17Cl2N5O4S. The van der Waals surface area contributed by atoms with Crippen molar-refractivity contribution in [2.75, 3.05) is 14.9 Å². The smallest absolute Gasteiger partial charge is 0.283 e. The molecule has 1 aromatic heterocycles. The first-order valence-electron chi connectivity index (χ1n) is 9.81. The number of nitrogens with zero attached hydrogens (tertiary/aromatic N) is 3. The number of carbonyl (C=O) groups excluding carboxylic acids is 2. The fraction of sp³-hybridized carbons (Fsp3) is 0.0909. The summed E-state index contributed by atoms with van der Waals surface area (Å²) in [5, 5.41) is 2.85. The highest BCUT2D eigenvalue weighted by Crippen LogP contribution is 2.31. The summed E-state index contributed by atoms with van der Waals surface area (Å²) in [6.45, 7) is 3.46. The lowest BCUT2D eigenvalue weighted by Crippen LogP contribution is -2.32. The Bertz CT molecular complexity index is 1440. The van der Waals surface area contributed by atoms with Gasteiger partial charge in [-0.2, -0.15) is 0 Å². The molecular weight excluding hydrogens is 501 g/mol. The van der Waals surface area contributed by atoms with Crippen LogP contribution in [0.15, 0.2) is 70.2 Å². The molecule has 2 amide bonds. The minimum absolute atomic E-state index is 0.0344. The molecule has 1 aliphatic heterocycles. The highest BCUT2D eigenvalue weighted by molar-refractivity contribution is 7.92. The lowest BCUT2D eigenvalue weighted by Gasteiger charge is -2.15. The van der Waals surface area contributed by atoms with Gasteiger partial charge in [0.05, 0.1) is 10.6 Å². The Labute approximate surface area is 205 Å². The molecule has 0 spiro atoms. The standard InChI is InChI=1S/C22H17Cl2N5O4S/c1-12-10-13(2)26-22(25-12)28-34(32,33)17-8-6-15(7-9-17)27-19-18(24)20(30)29(21(19)31)16-5-3-4-14(23)11-16/h3-11,27H,1-2H3,(H,25,26,28). The van der Waals surface area contributed by atoms with Gasteiger partial charge in [-0.3, -0.25) is 9.59 Å². The molecule has 34 heavy (non-hydrogen) atoms. The fourth-order valence-electron chi connectivity index (χ4n) is 3.27. The van der Waals surface area contributed by atoms with E-state index in [1.807, 2.05) is 0 Å². The summed E-state index contributed by atoms with van der Waals surface area (Å²) in [7, 11) is -3.95. The normalized spacial score (nSPS) is 14.1. The molecule has 2 heterocycles. The SMILES string of the molecule is Cc1cc(C)nc(NS(=O)(=O)c2ccc(NC3=C(Cl)C(=O)N(c4cccc(Cl)c4)C3=O)cc2)n1. The van der Waals surface area contributed by atoms with Crippen molar-refractivity contribution >= 4 is 62.4 Å². The second kappa shape index (κ2) is 9.05. The Morgan fingerprint density at radius 2 is 1.53 bits per heavy atom. The Balaban J connectivity index is 1.53. The van der Waals surface area contributed by atoms with E-state index in [2.05, 4.69) is 20.0 Å². The molecule has 0 bridgehead atoms. The van der Waals surface area contributed by atoms with Gasteiger partial charge in [-0.25, -0.2) is 28.0 Å². The van der Waals surface area contributed by atoms with Crippen molar-refractivity contribution in [2.45, 2.75) is 18.7 Å². The van der Waals surface area contributed by atoms with E-state index in [0.29, 0.717) is 22.1 Å². The number of carbonyl (C=O) groups is 2. The van der Waals surface area contributed by atoms with E-state index in [0.717, 1.165) is 4.90 Å². The van der Waals surface area contributed by atoms with Gasteiger partial charge >= 0.3 is 0 Å². The quantitative estimate of drug-likeness (QED) is 0.474. The molecule has 0 saturated carbocycles. The van der Waals surface area contributed by atoms with E-state index < -0.39 is 21.8 Å². The maximum atomic E-state index is 12.9. The topological polar surface area (TPSA) is 121 Å². The first-order chi connectivity index (χ1) is 16.0.